The topological polar surface area (TPSA) is 15.3 Å². The number of hydrogen-bond donors (Lipinski definition) is 1. The molecule has 2 nitrogen and oxygen atoms in total. The Kier molecular flexibility index (Phi) is 11.1. The second-order valence-electron chi connectivity index (χ2n) is 5.94. The van der Waals surface area contributed by atoms with Crippen molar-refractivity contribution in [3.05, 3.63) is 33.8 Å². The Balaban J connectivity index is 0.00000220. The number of halogens is 4. The predicted octanol–water partition coefficient (Wildman–Crippen LogP) is 5.22. The van der Waals surface area contributed by atoms with Crippen molar-refractivity contribution in [1.29, 1.82) is 0 Å². The first-order valence-corrected chi connectivity index (χ1v) is 8.23. The van der Waals surface area contributed by atoms with E-state index in [1.165, 1.54) is 12.0 Å². The van der Waals surface area contributed by atoms with Crippen molar-refractivity contribution in [2.75, 3.05) is 26.2 Å². The van der Waals surface area contributed by atoms with Crippen molar-refractivity contribution in [2.24, 2.45) is 5.92 Å². The Morgan fingerprint density at radius 1 is 1.09 bits per heavy atom. The summed E-state index contributed by atoms with van der Waals surface area (Å²) in [5, 5.41) is 4.92. The third kappa shape index (κ3) is 6.43. The maximum atomic E-state index is 6.43. The van der Waals surface area contributed by atoms with Crippen LogP contribution in [-0.2, 0) is 0 Å². The van der Waals surface area contributed by atoms with Crippen LogP contribution < -0.4 is 5.32 Å². The first-order valence-electron chi connectivity index (χ1n) is 7.47. The third-order valence-corrected chi connectivity index (χ3v) is 4.49. The molecule has 0 aromatic heterocycles. The van der Waals surface area contributed by atoms with Crippen LogP contribution in [0.15, 0.2) is 18.2 Å². The van der Waals surface area contributed by atoms with Crippen LogP contribution in [0.3, 0.4) is 0 Å². The van der Waals surface area contributed by atoms with Gasteiger partial charge in [0.2, 0.25) is 0 Å². The molecule has 2 rings (SSSR count). The lowest BCUT2D eigenvalue weighted by Gasteiger charge is -2.36. The molecule has 1 aromatic carbocycles. The molecule has 0 unspecified atom stereocenters. The fourth-order valence-corrected chi connectivity index (χ4v) is 3.33. The van der Waals surface area contributed by atoms with Gasteiger partial charge in [-0.15, -0.1) is 24.8 Å². The minimum absolute atomic E-state index is 0. The average molecular weight is 388 g/mol. The normalized spacial score (nSPS) is 16.8. The summed E-state index contributed by atoms with van der Waals surface area (Å²) in [4.78, 5) is 2.55. The van der Waals surface area contributed by atoms with E-state index < -0.39 is 0 Å². The minimum atomic E-state index is 0. The van der Waals surface area contributed by atoms with Crippen LogP contribution in [0.1, 0.15) is 38.3 Å². The van der Waals surface area contributed by atoms with Crippen molar-refractivity contribution in [1.82, 2.24) is 10.2 Å². The molecular weight excluding hydrogens is 362 g/mol. The van der Waals surface area contributed by atoms with Gasteiger partial charge in [0.05, 0.1) is 0 Å². The van der Waals surface area contributed by atoms with Crippen LogP contribution >= 0.6 is 48.0 Å². The SMILES string of the molecule is CC(C)CC[C@@H](c1ccc(Cl)cc1Cl)N1CCNCC1.Cl.Cl. The summed E-state index contributed by atoms with van der Waals surface area (Å²) >= 11 is 12.5. The zero-order chi connectivity index (χ0) is 14.5. The fraction of sp³-hybridized carbons (Fsp3) is 0.625. The van der Waals surface area contributed by atoms with Crippen LogP contribution in [0.4, 0.5) is 0 Å². The van der Waals surface area contributed by atoms with Gasteiger partial charge in [0.25, 0.3) is 0 Å². The molecule has 0 aliphatic carbocycles. The van der Waals surface area contributed by atoms with Gasteiger partial charge in [-0.25, -0.2) is 0 Å². The molecule has 1 aromatic rings. The van der Waals surface area contributed by atoms with Crippen molar-refractivity contribution in [3.8, 4) is 0 Å². The molecule has 1 saturated heterocycles. The monoisotopic (exact) mass is 386 g/mol. The maximum absolute atomic E-state index is 6.43. The predicted molar refractivity (Wildman–Crippen MR) is 102 cm³/mol. The van der Waals surface area contributed by atoms with Crippen molar-refractivity contribution in [2.45, 2.75) is 32.7 Å². The van der Waals surface area contributed by atoms with Gasteiger partial charge in [0, 0.05) is 42.3 Å². The summed E-state index contributed by atoms with van der Waals surface area (Å²) in [6.45, 7) is 8.84. The molecule has 22 heavy (non-hydrogen) atoms. The van der Waals surface area contributed by atoms with Gasteiger partial charge in [-0.05, 0) is 36.5 Å². The maximum Gasteiger partial charge on any atom is 0.0468 e. The Morgan fingerprint density at radius 2 is 1.73 bits per heavy atom. The van der Waals surface area contributed by atoms with E-state index in [-0.39, 0.29) is 24.8 Å². The van der Waals surface area contributed by atoms with Gasteiger partial charge < -0.3 is 5.32 Å². The Morgan fingerprint density at radius 3 is 2.27 bits per heavy atom. The van der Waals surface area contributed by atoms with E-state index in [9.17, 15) is 0 Å². The largest absolute Gasteiger partial charge is 0.314 e. The summed E-state index contributed by atoms with van der Waals surface area (Å²) in [6.07, 6.45) is 2.37. The first-order chi connectivity index (χ1) is 9.58. The highest BCUT2D eigenvalue weighted by Crippen LogP contribution is 2.34. The molecule has 1 heterocycles. The number of hydrogen-bond acceptors (Lipinski definition) is 2. The average Bonchev–Trinajstić information content (AvgIpc) is 2.42. The summed E-state index contributed by atoms with van der Waals surface area (Å²) in [5.74, 6) is 0.714. The lowest BCUT2D eigenvalue weighted by atomic mass is 9.95. The molecular formula is C16H26Cl4N2. The highest BCUT2D eigenvalue weighted by molar-refractivity contribution is 6.35. The molecule has 1 N–H and O–H groups in total. The molecule has 0 bridgehead atoms. The van der Waals surface area contributed by atoms with Crippen molar-refractivity contribution in [3.63, 3.8) is 0 Å². The van der Waals surface area contributed by atoms with Gasteiger partial charge >= 0.3 is 0 Å². The molecule has 0 amide bonds. The van der Waals surface area contributed by atoms with Crippen molar-refractivity contribution >= 4 is 48.0 Å². The van der Waals surface area contributed by atoms with Gasteiger partial charge in [0.15, 0.2) is 0 Å². The molecule has 1 aliphatic rings. The van der Waals surface area contributed by atoms with Crippen LogP contribution in [0.2, 0.25) is 10.0 Å². The smallest absolute Gasteiger partial charge is 0.0468 e. The van der Waals surface area contributed by atoms with Crippen LogP contribution in [0.25, 0.3) is 0 Å². The number of nitrogens with one attached hydrogen (secondary N) is 1. The Hall–Kier alpha value is 0.300. The van der Waals surface area contributed by atoms with E-state index >= 15 is 0 Å². The van der Waals surface area contributed by atoms with E-state index in [1.807, 2.05) is 12.1 Å². The second kappa shape index (κ2) is 11.0. The molecule has 1 fully saturated rings. The van der Waals surface area contributed by atoms with E-state index in [2.05, 4.69) is 30.1 Å². The summed E-state index contributed by atoms with van der Waals surface area (Å²) in [5.41, 5.74) is 1.22. The standard InChI is InChI=1S/C16H24Cl2N2.2ClH/c1-12(2)3-6-16(20-9-7-19-8-10-20)14-5-4-13(17)11-15(14)18;;/h4-5,11-12,16,19H,3,6-10H2,1-2H3;2*1H/t16-;;/m0../s1. The Labute approximate surface area is 156 Å². The number of benzene rings is 1. The molecule has 0 radical (unpaired) electrons. The molecule has 1 atom stereocenters. The molecule has 128 valence electrons. The van der Waals surface area contributed by atoms with Gasteiger partial charge in [-0.2, -0.15) is 0 Å². The van der Waals surface area contributed by atoms with E-state index in [0.29, 0.717) is 17.0 Å². The first kappa shape index (κ1) is 22.3. The summed E-state index contributed by atoms with van der Waals surface area (Å²) in [6, 6.07) is 6.32. The number of rotatable bonds is 5. The summed E-state index contributed by atoms with van der Waals surface area (Å²) < 4.78 is 0. The van der Waals surface area contributed by atoms with E-state index in [1.54, 1.807) is 0 Å². The van der Waals surface area contributed by atoms with Gasteiger partial charge in [-0.1, -0.05) is 43.1 Å². The summed E-state index contributed by atoms with van der Waals surface area (Å²) in [7, 11) is 0. The molecule has 6 heteroatoms. The van der Waals surface area contributed by atoms with Gasteiger partial charge in [-0.3, -0.25) is 4.90 Å². The zero-order valence-corrected chi connectivity index (χ0v) is 16.3. The minimum Gasteiger partial charge on any atom is -0.314 e. The van der Waals surface area contributed by atoms with Crippen molar-refractivity contribution < 1.29 is 0 Å². The Bertz CT molecular complexity index is 434. The van der Waals surface area contributed by atoms with Crippen LogP contribution in [0, 0.1) is 5.92 Å². The second-order valence-corrected chi connectivity index (χ2v) is 6.78. The highest BCUT2D eigenvalue weighted by atomic mass is 35.5. The zero-order valence-electron chi connectivity index (χ0n) is 13.1. The third-order valence-electron chi connectivity index (χ3n) is 3.93. The molecule has 1 aliphatic heterocycles. The lowest BCUT2D eigenvalue weighted by molar-refractivity contribution is 0.160. The highest BCUT2D eigenvalue weighted by Gasteiger charge is 2.24. The number of piperazine rings is 1. The quantitative estimate of drug-likeness (QED) is 0.744. The fourth-order valence-electron chi connectivity index (χ4n) is 2.79. The van der Waals surface area contributed by atoms with Crippen LogP contribution in [-0.4, -0.2) is 31.1 Å². The molecule has 0 saturated carbocycles. The van der Waals surface area contributed by atoms with Gasteiger partial charge in [0.1, 0.15) is 0 Å². The number of nitrogens with zero attached hydrogens (tertiary/aromatic N) is 1. The van der Waals surface area contributed by atoms with E-state index in [4.69, 9.17) is 23.2 Å². The van der Waals surface area contributed by atoms with E-state index in [0.717, 1.165) is 37.6 Å². The molecule has 0 spiro atoms. The lowest BCUT2D eigenvalue weighted by Crippen LogP contribution is -2.45. The van der Waals surface area contributed by atoms with Crippen LogP contribution in [0.5, 0.6) is 0 Å².